The van der Waals surface area contributed by atoms with Crippen LogP contribution >= 0.6 is 0 Å². The molecular formula is C25H25NO5. The minimum absolute atomic E-state index is 0.138. The predicted molar refractivity (Wildman–Crippen MR) is 114 cm³/mol. The van der Waals surface area contributed by atoms with E-state index in [2.05, 4.69) is 5.32 Å². The first-order chi connectivity index (χ1) is 15.0. The highest BCUT2D eigenvalue weighted by Gasteiger charge is 2.47. The van der Waals surface area contributed by atoms with E-state index in [0.717, 1.165) is 11.1 Å². The van der Waals surface area contributed by atoms with Gasteiger partial charge in [0.05, 0.1) is 13.7 Å². The Kier molecular flexibility index (Phi) is 5.89. The number of methoxy groups -OCH3 is 1. The quantitative estimate of drug-likeness (QED) is 0.593. The number of Topliss-reactive ketones (excluding diaryl/α,β-unsaturated/α-hetero) is 1. The van der Waals surface area contributed by atoms with Crippen molar-refractivity contribution in [1.82, 2.24) is 5.32 Å². The van der Waals surface area contributed by atoms with Gasteiger partial charge in [-0.05, 0) is 36.6 Å². The lowest BCUT2D eigenvalue weighted by Gasteiger charge is -2.38. The molecule has 0 saturated carbocycles. The molecule has 160 valence electrons. The Morgan fingerprint density at radius 1 is 1.03 bits per heavy atom. The van der Waals surface area contributed by atoms with Gasteiger partial charge in [0.2, 0.25) is 5.91 Å². The van der Waals surface area contributed by atoms with Crippen LogP contribution in [0, 0.1) is 5.92 Å². The van der Waals surface area contributed by atoms with Gasteiger partial charge in [-0.3, -0.25) is 14.4 Å². The molecule has 6 heteroatoms. The number of hydrogen-bond donors (Lipinski definition) is 1. The number of allylic oxidation sites excluding steroid dienone is 2. The molecule has 6 nitrogen and oxygen atoms in total. The highest BCUT2D eigenvalue weighted by molar-refractivity contribution is 6.12. The summed E-state index contributed by atoms with van der Waals surface area (Å²) < 4.78 is 10.6. The molecule has 0 aromatic heterocycles. The minimum atomic E-state index is -0.941. The molecule has 0 spiro atoms. The molecule has 2 aromatic rings. The fourth-order valence-corrected chi connectivity index (χ4v) is 4.61. The number of amides is 1. The number of carbonyl (C=O) groups excluding carboxylic acids is 3. The van der Waals surface area contributed by atoms with Crippen LogP contribution in [0.5, 0.6) is 5.75 Å². The maximum absolute atomic E-state index is 13.8. The van der Waals surface area contributed by atoms with Crippen molar-refractivity contribution in [3.05, 3.63) is 77.0 Å². The molecule has 0 saturated heterocycles. The molecule has 1 aliphatic carbocycles. The summed E-state index contributed by atoms with van der Waals surface area (Å²) in [7, 11) is 1.57. The Morgan fingerprint density at radius 3 is 2.48 bits per heavy atom. The third-order valence-electron chi connectivity index (χ3n) is 5.99. The molecule has 31 heavy (non-hydrogen) atoms. The molecule has 1 heterocycles. The Hall–Kier alpha value is -3.41. The zero-order chi connectivity index (χ0) is 22.0. The first-order valence-electron chi connectivity index (χ1n) is 10.5. The predicted octanol–water partition coefficient (Wildman–Crippen LogP) is 3.49. The lowest BCUT2D eigenvalue weighted by atomic mass is 9.68. The first-order valence-corrected chi connectivity index (χ1v) is 10.5. The molecule has 0 unspecified atom stereocenters. The molecule has 0 bridgehead atoms. The van der Waals surface area contributed by atoms with Gasteiger partial charge in [0, 0.05) is 29.5 Å². The fourth-order valence-electron chi connectivity index (χ4n) is 4.61. The van der Waals surface area contributed by atoms with E-state index in [0.29, 0.717) is 23.4 Å². The van der Waals surface area contributed by atoms with Crippen molar-refractivity contribution in [3.8, 4) is 5.75 Å². The number of nitrogens with one attached hydrogen (secondary N) is 1. The van der Waals surface area contributed by atoms with Crippen LogP contribution in [-0.4, -0.2) is 31.4 Å². The second-order valence-electron chi connectivity index (χ2n) is 7.79. The van der Waals surface area contributed by atoms with Crippen molar-refractivity contribution < 1.29 is 23.9 Å². The van der Waals surface area contributed by atoms with Crippen LogP contribution in [0.3, 0.4) is 0 Å². The second kappa shape index (κ2) is 8.76. The SMILES string of the molecule is CCOC(=O)[C@H]1C(=O)C2=C(C[C@@H]1c1ccccc1)NC(=O)C[C@H]2c1cccc(OC)c1. The van der Waals surface area contributed by atoms with E-state index < -0.39 is 23.7 Å². The van der Waals surface area contributed by atoms with Gasteiger partial charge in [-0.2, -0.15) is 0 Å². The summed E-state index contributed by atoms with van der Waals surface area (Å²) in [4.78, 5) is 39.2. The molecule has 1 N–H and O–H groups in total. The molecule has 1 amide bonds. The van der Waals surface area contributed by atoms with Crippen LogP contribution in [0.15, 0.2) is 65.9 Å². The van der Waals surface area contributed by atoms with E-state index in [4.69, 9.17) is 9.47 Å². The van der Waals surface area contributed by atoms with E-state index in [1.54, 1.807) is 14.0 Å². The number of hydrogen-bond acceptors (Lipinski definition) is 5. The largest absolute Gasteiger partial charge is 0.497 e. The van der Waals surface area contributed by atoms with Crippen molar-refractivity contribution in [2.45, 2.75) is 31.6 Å². The summed E-state index contributed by atoms with van der Waals surface area (Å²) in [5.74, 6) is -2.05. The average molecular weight is 419 g/mol. The Bertz CT molecular complexity index is 1040. The maximum Gasteiger partial charge on any atom is 0.317 e. The van der Waals surface area contributed by atoms with E-state index >= 15 is 0 Å². The van der Waals surface area contributed by atoms with Crippen LogP contribution in [0.2, 0.25) is 0 Å². The number of benzene rings is 2. The molecule has 2 aromatic carbocycles. The van der Waals surface area contributed by atoms with E-state index in [-0.39, 0.29) is 24.7 Å². The topological polar surface area (TPSA) is 81.7 Å². The van der Waals surface area contributed by atoms with Crippen LogP contribution < -0.4 is 10.1 Å². The van der Waals surface area contributed by atoms with Crippen molar-refractivity contribution >= 4 is 17.7 Å². The standard InChI is InChI=1S/C25H25NO5/c1-3-31-25(29)23-18(15-8-5-4-6-9-15)13-20-22(24(23)28)19(14-21(27)26-20)16-10-7-11-17(12-16)30-2/h4-12,18-19,23H,3,13-14H2,1-2H3,(H,26,27)/t18-,19+,23-/m1/s1. The summed E-state index contributed by atoms with van der Waals surface area (Å²) >= 11 is 0. The summed E-state index contributed by atoms with van der Waals surface area (Å²) in [6.45, 7) is 1.93. The monoisotopic (exact) mass is 419 g/mol. The summed E-state index contributed by atoms with van der Waals surface area (Å²) in [5, 5.41) is 2.90. The molecule has 4 rings (SSSR count). The van der Waals surface area contributed by atoms with Crippen molar-refractivity contribution in [1.29, 1.82) is 0 Å². The maximum atomic E-state index is 13.8. The molecule has 0 fully saturated rings. The molecule has 0 radical (unpaired) electrons. The van der Waals surface area contributed by atoms with E-state index in [9.17, 15) is 14.4 Å². The lowest BCUT2D eigenvalue weighted by Crippen LogP contribution is -2.44. The number of esters is 1. The third kappa shape index (κ3) is 3.98. The number of ether oxygens (including phenoxy) is 2. The molecular weight excluding hydrogens is 394 g/mol. The van der Waals surface area contributed by atoms with E-state index in [1.165, 1.54) is 0 Å². The van der Waals surface area contributed by atoms with Crippen LogP contribution in [0.25, 0.3) is 0 Å². The molecule has 3 atom stereocenters. The van der Waals surface area contributed by atoms with Crippen molar-refractivity contribution in [3.63, 3.8) is 0 Å². The third-order valence-corrected chi connectivity index (χ3v) is 5.99. The Morgan fingerprint density at radius 2 is 1.77 bits per heavy atom. The normalized spacial score (nSPS) is 23.1. The van der Waals surface area contributed by atoms with Crippen LogP contribution in [0.1, 0.15) is 42.7 Å². The first kappa shape index (κ1) is 20.8. The van der Waals surface area contributed by atoms with Crippen LogP contribution in [0.4, 0.5) is 0 Å². The molecule has 1 aliphatic heterocycles. The number of rotatable bonds is 5. The smallest absolute Gasteiger partial charge is 0.317 e. The minimum Gasteiger partial charge on any atom is -0.497 e. The summed E-state index contributed by atoms with van der Waals surface area (Å²) in [5.41, 5.74) is 2.79. The summed E-state index contributed by atoms with van der Waals surface area (Å²) in [6.07, 6.45) is 0.532. The van der Waals surface area contributed by atoms with Gasteiger partial charge in [-0.25, -0.2) is 0 Å². The van der Waals surface area contributed by atoms with E-state index in [1.807, 2.05) is 54.6 Å². The highest BCUT2D eigenvalue weighted by atomic mass is 16.5. The summed E-state index contributed by atoms with van der Waals surface area (Å²) in [6, 6.07) is 16.8. The van der Waals surface area contributed by atoms with Crippen LogP contribution in [-0.2, 0) is 19.1 Å². The zero-order valence-electron chi connectivity index (χ0n) is 17.6. The van der Waals surface area contributed by atoms with Gasteiger partial charge in [-0.15, -0.1) is 0 Å². The molecule has 2 aliphatic rings. The average Bonchev–Trinajstić information content (AvgIpc) is 2.79. The zero-order valence-corrected chi connectivity index (χ0v) is 17.6. The number of carbonyl (C=O) groups is 3. The number of ketones is 1. The fraction of sp³-hybridized carbons (Fsp3) is 0.320. The van der Waals surface area contributed by atoms with Gasteiger partial charge >= 0.3 is 5.97 Å². The second-order valence-corrected chi connectivity index (χ2v) is 7.79. The van der Waals surface area contributed by atoms with Crippen molar-refractivity contribution in [2.24, 2.45) is 5.92 Å². The lowest BCUT2D eigenvalue weighted by molar-refractivity contribution is -0.152. The Labute approximate surface area is 181 Å². The van der Waals surface area contributed by atoms with Gasteiger partial charge in [0.1, 0.15) is 11.7 Å². The van der Waals surface area contributed by atoms with Gasteiger partial charge in [0.25, 0.3) is 0 Å². The van der Waals surface area contributed by atoms with Gasteiger partial charge in [-0.1, -0.05) is 42.5 Å². The van der Waals surface area contributed by atoms with Gasteiger partial charge < -0.3 is 14.8 Å². The Balaban J connectivity index is 1.82. The highest BCUT2D eigenvalue weighted by Crippen LogP contribution is 2.46. The van der Waals surface area contributed by atoms with Crippen molar-refractivity contribution in [2.75, 3.05) is 13.7 Å². The van der Waals surface area contributed by atoms with Gasteiger partial charge in [0.15, 0.2) is 5.78 Å².